The van der Waals surface area contributed by atoms with E-state index in [9.17, 15) is 0 Å². The van der Waals surface area contributed by atoms with E-state index in [4.69, 9.17) is 14.0 Å². The lowest BCUT2D eigenvalue weighted by Crippen LogP contribution is -2.76. The van der Waals surface area contributed by atoms with Crippen molar-refractivity contribution in [3.8, 4) is 11.5 Å². The average molecular weight is 476 g/mol. The van der Waals surface area contributed by atoms with Crippen molar-refractivity contribution in [1.29, 1.82) is 0 Å². The quantitative estimate of drug-likeness (QED) is 0.374. The first-order chi connectivity index (χ1) is 16.8. The van der Waals surface area contributed by atoms with E-state index in [-0.39, 0.29) is 18.3 Å². The van der Waals surface area contributed by atoms with Crippen LogP contribution >= 0.6 is 0 Å². The molecule has 2 aliphatic heterocycles. The van der Waals surface area contributed by atoms with Gasteiger partial charge in [0.25, 0.3) is 0 Å². The summed E-state index contributed by atoms with van der Waals surface area (Å²) in [6.45, 7) is 8.37. The SMILES string of the molecule is CC1(C)OB(c2ccc([Si]3(c4ccccc4)c4ccccc4Oc4ccccc43)cc2)OC1(C)C. The summed E-state index contributed by atoms with van der Waals surface area (Å²) in [6, 6.07) is 36.8. The van der Waals surface area contributed by atoms with Crippen LogP contribution in [0.25, 0.3) is 0 Å². The maximum atomic E-state index is 6.42. The predicted octanol–water partition coefficient (Wildman–Crippen LogP) is 3.47. The van der Waals surface area contributed by atoms with Crippen molar-refractivity contribution in [3.63, 3.8) is 0 Å². The smallest absolute Gasteiger partial charge is 0.458 e. The summed E-state index contributed by atoms with van der Waals surface area (Å²) < 4.78 is 19.1. The molecule has 0 radical (unpaired) electrons. The molecule has 174 valence electrons. The van der Waals surface area contributed by atoms with Gasteiger partial charge in [-0.25, -0.2) is 0 Å². The highest BCUT2D eigenvalue weighted by Gasteiger charge is 2.52. The van der Waals surface area contributed by atoms with E-state index in [1.54, 1.807) is 0 Å². The molecule has 35 heavy (non-hydrogen) atoms. The predicted molar refractivity (Wildman–Crippen MR) is 146 cm³/mol. The van der Waals surface area contributed by atoms with Crippen LogP contribution in [0.15, 0.2) is 103 Å². The summed E-state index contributed by atoms with van der Waals surface area (Å²) in [6.07, 6.45) is 0. The molecule has 0 unspecified atom stereocenters. The number of ether oxygens (including phenoxy) is 1. The van der Waals surface area contributed by atoms with Crippen LogP contribution < -0.4 is 30.9 Å². The highest BCUT2D eigenvalue weighted by atomic mass is 28.3. The molecule has 0 bridgehead atoms. The number of rotatable bonds is 3. The second-order valence-corrected chi connectivity index (χ2v) is 14.2. The Labute approximate surface area is 208 Å². The van der Waals surface area contributed by atoms with Crippen LogP contribution in [0.4, 0.5) is 0 Å². The minimum Gasteiger partial charge on any atom is -0.458 e. The molecule has 4 aromatic carbocycles. The molecule has 1 fully saturated rings. The van der Waals surface area contributed by atoms with Gasteiger partial charge in [-0.15, -0.1) is 0 Å². The van der Waals surface area contributed by atoms with E-state index >= 15 is 0 Å². The fourth-order valence-electron chi connectivity index (χ4n) is 5.34. The molecule has 4 aromatic rings. The van der Waals surface area contributed by atoms with Gasteiger partial charge in [0.1, 0.15) is 11.5 Å². The summed E-state index contributed by atoms with van der Waals surface area (Å²) in [5.74, 6) is 1.88. The Morgan fingerprint density at radius 1 is 0.543 bits per heavy atom. The third-order valence-electron chi connectivity index (χ3n) is 7.88. The van der Waals surface area contributed by atoms with Crippen LogP contribution in [0.2, 0.25) is 0 Å². The normalized spacial score (nSPS) is 18.9. The number of hydrogen-bond acceptors (Lipinski definition) is 3. The molecule has 0 aromatic heterocycles. The minimum atomic E-state index is -2.60. The zero-order chi connectivity index (χ0) is 24.3. The Balaban J connectivity index is 1.55. The van der Waals surface area contributed by atoms with E-state index in [1.807, 2.05) is 0 Å². The van der Waals surface area contributed by atoms with Gasteiger partial charge in [-0.2, -0.15) is 0 Å². The summed E-state index contributed by atoms with van der Waals surface area (Å²) in [5, 5.41) is 5.19. The minimum absolute atomic E-state index is 0.366. The Morgan fingerprint density at radius 2 is 1.00 bits per heavy atom. The highest BCUT2D eigenvalue weighted by molar-refractivity contribution is 7.20. The maximum absolute atomic E-state index is 6.42. The van der Waals surface area contributed by atoms with Crippen molar-refractivity contribution in [1.82, 2.24) is 0 Å². The van der Waals surface area contributed by atoms with Gasteiger partial charge < -0.3 is 14.0 Å². The van der Waals surface area contributed by atoms with E-state index in [2.05, 4.69) is 131 Å². The number of para-hydroxylation sites is 2. The van der Waals surface area contributed by atoms with Crippen LogP contribution in [-0.2, 0) is 9.31 Å². The Kier molecular flexibility index (Phi) is 5.08. The lowest BCUT2D eigenvalue weighted by molar-refractivity contribution is 0.00578. The molecule has 6 rings (SSSR count). The molecule has 0 spiro atoms. The molecule has 1 saturated heterocycles. The molecule has 0 aliphatic carbocycles. The molecular weight excluding hydrogens is 447 g/mol. The van der Waals surface area contributed by atoms with Crippen molar-refractivity contribution in [2.24, 2.45) is 0 Å². The molecule has 2 aliphatic rings. The summed E-state index contributed by atoms with van der Waals surface area (Å²) in [5.41, 5.74) is 0.308. The third kappa shape index (κ3) is 3.34. The van der Waals surface area contributed by atoms with Gasteiger partial charge in [-0.1, -0.05) is 91.0 Å². The highest BCUT2D eigenvalue weighted by Crippen LogP contribution is 2.36. The zero-order valence-electron chi connectivity index (χ0n) is 20.6. The monoisotopic (exact) mass is 476 g/mol. The Bertz CT molecular complexity index is 1320. The molecule has 5 heteroatoms. The number of hydrogen-bond donors (Lipinski definition) is 0. The van der Waals surface area contributed by atoms with Crippen molar-refractivity contribution in [2.75, 3.05) is 0 Å². The third-order valence-corrected chi connectivity index (χ3v) is 12.7. The van der Waals surface area contributed by atoms with Crippen molar-refractivity contribution in [2.45, 2.75) is 38.9 Å². The van der Waals surface area contributed by atoms with E-state index in [1.165, 1.54) is 20.7 Å². The lowest BCUT2D eigenvalue weighted by Gasteiger charge is -2.39. The molecule has 0 saturated carbocycles. The van der Waals surface area contributed by atoms with Gasteiger partial charge in [0.15, 0.2) is 8.07 Å². The summed E-state index contributed by atoms with van der Waals surface area (Å²) >= 11 is 0. The van der Waals surface area contributed by atoms with E-state index in [0.29, 0.717) is 0 Å². The van der Waals surface area contributed by atoms with Gasteiger partial charge in [0, 0.05) is 0 Å². The second kappa shape index (κ2) is 7.95. The van der Waals surface area contributed by atoms with Gasteiger partial charge in [0.05, 0.1) is 11.2 Å². The van der Waals surface area contributed by atoms with Gasteiger partial charge in [-0.3, -0.25) is 0 Å². The van der Waals surface area contributed by atoms with Crippen LogP contribution in [0.3, 0.4) is 0 Å². The average Bonchev–Trinajstić information content (AvgIpc) is 3.10. The van der Waals surface area contributed by atoms with Crippen molar-refractivity contribution >= 4 is 41.4 Å². The van der Waals surface area contributed by atoms with Crippen LogP contribution in [0.5, 0.6) is 11.5 Å². The van der Waals surface area contributed by atoms with Crippen molar-refractivity contribution in [3.05, 3.63) is 103 Å². The lowest BCUT2D eigenvalue weighted by atomic mass is 9.79. The van der Waals surface area contributed by atoms with E-state index in [0.717, 1.165) is 17.0 Å². The Morgan fingerprint density at radius 3 is 1.54 bits per heavy atom. The fourth-order valence-corrected chi connectivity index (χ4v) is 10.3. The Hall–Kier alpha value is -3.12. The standard InChI is InChI=1S/C30H29BO3Si/c1-29(2)30(3,4)34-31(33-29)22-18-20-24(21-19-22)35(23-12-6-5-7-13-23)27-16-10-8-14-25(27)32-26-15-9-11-17-28(26)35/h5-21H,1-4H3. The first kappa shape index (κ1) is 22.4. The molecule has 3 nitrogen and oxygen atoms in total. The molecule has 0 atom stereocenters. The van der Waals surface area contributed by atoms with Crippen LogP contribution in [0.1, 0.15) is 27.7 Å². The van der Waals surface area contributed by atoms with Crippen molar-refractivity contribution < 1.29 is 14.0 Å². The van der Waals surface area contributed by atoms with Gasteiger partial charge in [0.2, 0.25) is 0 Å². The largest absolute Gasteiger partial charge is 0.494 e. The number of fused-ring (bicyclic) bond motifs is 2. The molecular formula is C30H29BO3Si. The number of benzene rings is 4. The summed E-state index contributed by atoms with van der Waals surface area (Å²) in [7, 11) is -2.98. The second-order valence-electron chi connectivity index (χ2n) is 10.4. The first-order valence-corrected chi connectivity index (χ1v) is 14.2. The van der Waals surface area contributed by atoms with Crippen LogP contribution in [0, 0.1) is 0 Å². The molecule has 0 amide bonds. The van der Waals surface area contributed by atoms with E-state index < -0.39 is 8.07 Å². The van der Waals surface area contributed by atoms with Gasteiger partial charge in [-0.05, 0) is 66.0 Å². The van der Waals surface area contributed by atoms with Gasteiger partial charge >= 0.3 is 7.12 Å². The zero-order valence-corrected chi connectivity index (χ0v) is 21.6. The molecule has 2 heterocycles. The molecule has 0 N–H and O–H groups in total. The van der Waals surface area contributed by atoms with Crippen LogP contribution in [-0.4, -0.2) is 26.4 Å². The first-order valence-electron chi connectivity index (χ1n) is 12.2. The summed E-state index contributed by atoms with van der Waals surface area (Å²) in [4.78, 5) is 0. The maximum Gasteiger partial charge on any atom is 0.494 e. The topological polar surface area (TPSA) is 27.7 Å². The fraction of sp³-hybridized carbons (Fsp3) is 0.200.